The monoisotopic (exact) mass is 271 g/mol. The van der Waals surface area contributed by atoms with Crippen LogP contribution >= 0.6 is 0 Å². The van der Waals surface area contributed by atoms with E-state index in [9.17, 15) is 4.39 Å². The number of nitrogens with zero attached hydrogens (tertiary/aromatic N) is 2. The van der Waals surface area contributed by atoms with Crippen molar-refractivity contribution in [2.24, 2.45) is 0 Å². The summed E-state index contributed by atoms with van der Waals surface area (Å²) in [6.07, 6.45) is 5.41. The van der Waals surface area contributed by atoms with Gasteiger partial charge in [-0.05, 0) is 24.3 Å². The minimum absolute atomic E-state index is 0.177. The summed E-state index contributed by atoms with van der Waals surface area (Å²) in [6, 6.07) is 6.12. The molecule has 2 aromatic rings. The van der Waals surface area contributed by atoms with Crippen LogP contribution < -0.4 is 5.73 Å². The van der Waals surface area contributed by atoms with E-state index in [-0.39, 0.29) is 11.2 Å². The van der Waals surface area contributed by atoms with E-state index in [0.29, 0.717) is 18.1 Å². The largest absolute Gasteiger partial charge is 0.383 e. The average molecular weight is 271 g/mol. The molecule has 4 heteroatoms. The second-order valence-electron chi connectivity index (χ2n) is 5.72. The Morgan fingerprint density at radius 1 is 1.30 bits per heavy atom. The van der Waals surface area contributed by atoms with Crippen LogP contribution in [0, 0.1) is 18.2 Å². The van der Waals surface area contributed by atoms with E-state index >= 15 is 0 Å². The highest BCUT2D eigenvalue weighted by Gasteiger charge is 2.25. The fraction of sp³-hybridized carbons (Fsp3) is 0.312. The van der Waals surface area contributed by atoms with Crippen molar-refractivity contribution in [3.05, 3.63) is 35.9 Å². The standard InChI is InChI=1S/C16H18FN3/c1-5-10-20-14(18)13(19-15(20)16(2,3)4)11-6-8-12(17)9-7-11/h1,6-9H,10,18H2,2-4H3. The summed E-state index contributed by atoms with van der Waals surface area (Å²) in [7, 11) is 0. The molecule has 2 N–H and O–H groups in total. The molecule has 0 fully saturated rings. The number of halogens is 1. The molecule has 0 atom stereocenters. The summed E-state index contributed by atoms with van der Waals surface area (Å²) in [5.74, 6) is 3.65. The van der Waals surface area contributed by atoms with Crippen LogP contribution in [0.2, 0.25) is 0 Å². The molecule has 0 aliphatic heterocycles. The lowest BCUT2D eigenvalue weighted by molar-refractivity contribution is 0.517. The number of aromatic nitrogens is 2. The van der Waals surface area contributed by atoms with Gasteiger partial charge in [-0.2, -0.15) is 0 Å². The Morgan fingerprint density at radius 2 is 1.90 bits per heavy atom. The second-order valence-corrected chi connectivity index (χ2v) is 5.72. The molecule has 0 aliphatic carbocycles. The van der Waals surface area contributed by atoms with Crippen molar-refractivity contribution >= 4 is 5.82 Å². The third-order valence-electron chi connectivity index (χ3n) is 3.04. The molecule has 20 heavy (non-hydrogen) atoms. The maximum atomic E-state index is 13.0. The molecule has 0 bridgehead atoms. The number of hydrogen-bond acceptors (Lipinski definition) is 2. The minimum atomic E-state index is -0.286. The topological polar surface area (TPSA) is 43.8 Å². The van der Waals surface area contributed by atoms with Gasteiger partial charge in [-0.1, -0.05) is 26.7 Å². The molecule has 0 aliphatic rings. The highest BCUT2D eigenvalue weighted by Crippen LogP contribution is 2.31. The average Bonchev–Trinajstić information content (AvgIpc) is 2.69. The van der Waals surface area contributed by atoms with E-state index in [4.69, 9.17) is 12.2 Å². The molecule has 0 spiro atoms. The molecule has 0 radical (unpaired) electrons. The van der Waals surface area contributed by atoms with Crippen LogP contribution in [0.1, 0.15) is 26.6 Å². The maximum Gasteiger partial charge on any atom is 0.132 e. The van der Waals surface area contributed by atoms with Gasteiger partial charge in [0, 0.05) is 11.0 Å². The Balaban J connectivity index is 2.61. The number of hydrogen-bond donors (Lipinski definition) is 1. The highest BCUT2D eigenvalue weighted by molar-refractivity contribution is 5.71. The first-order chi connectivity index (χ1) is 9.34. The number of imidazole rings is 1. The molecular formula is C16H18FN3. The highest BCUT2D eigenvalue weighted by atomic mass is 19.1. The van der Waals surface area contributed by atoms with Gasteiger partial charge < -0.3 is 10.3 Å². The first kappa shape index (κ1) is 14.1. The number of rotatable bonds is 2. The lowest BCUT2D eigenvalue weighted by atomic mass is 9.95. The molecule has 0 saturated heterocycles. The van der Waals surface area contributed by atoms with Gasteiger partial charge in [0.25, 0.3) is 0 Å². The Hall–Kier alpha value is -2.28. The van der Waals surface area contributed by atoms with E-state index in [0.717, 1.165) is 11.4 Å². The van der Waals surface area contributed by atoms with Crippen LogP contribution in [0.4, 0.5) is 10.2 Å². The molecular weight excluding hydrogens is 253 g/mol. The van der Waals surface area contributed by atoms with Crippen molar-refractivity contribution in [2.75, 3.05) is 5.73 Å². The Labute approximate surface area is 118 Å². The molecule has 0 saturated carbocycles. The molecule has 1 aromatic heterocycles. The van der Waals surface area contributed by atoms with Crippen molar-refractivity contribution in [3.63, 3.8) is 0 Å². The van der Waals surface area contributed by atoms with E-state index < -0.39 is 0 Å². The Morgan fingerprint density at radius 3 is 2.40 bits per heavy atom. The van der Waals surface area contributed by atoms with Gasteiger partial charge >= 0.3 is 0 Å². The molecule has 3 nitrogen and oxygen atoms in total. The Kier molecular flexibility index (Phi) is 3.54. The quantitative estimate of drug-likeness (QED) is 0.852. The SMILES string of the molecule is C#CCn1c(C(C)(C)C)nc(-c2ccc(F)cc2)c1N. The van der Waals surface area contributed by atoms with E-state index in [1.807, 2.05) is 4.57 Å². The van der Waals surface area contributed by atoms with Crippen molar-refractivity contribution in [1.29, 1.82) is 0 Å². The zero-order valence-electron chi connectivity index (χ0n) is 11.9. The summed E-state index contributed by atoms with van der Waals surface area (Å²) in [5, 5.41) is 0. The fourth-order valence-corrected chi connectivity index (χ4v) is 2.11. The number of terminal acetylenes is 1. The van der Waals surface area contributed by atoms with Crippen molar-refractivity contribution < 1.29 is 4.39 Å². The number of nitrogens with two attached hydrogens (primary N) is 1. The molecule has 1 aromatic carbocycles. The minimum Gasteiger partial charge on any atom is -0.383 e. The summed E-state index contributed by atoms with van der Waals surface area (Å²) >= 11 is 0. The first-order valence-electron chi connectivity index (χ1n) is 6.40. The van der Waals surface area contributed by atoms with E-state index in [1.165, 1.54) is 12.1 Å². The predicted octanol–water partition coefficient (Wildman–Crippen LogP) is 3.20. The van der Waals surface area contributed by atoms with Gasteiger partial charge in [0.15, 0.2) is 0 Å². The van der Waals surface area contributed by atoms with Gasteiger partial charge in [0.2, 0.25) is 0 Å². The van der Waals surface area contributed by atoms with Crippen molar-refractivity contribution in [1.82, 2.24) is 9.55 Å². The first-order valence-corrected chi connectivity index (χ1v) is 6.40. The zero-order chi connectivity index (χ0) is 14.9. The molecule has 104 valence electrons. The van der Waals surface area contributed by atoms with Crippen molar-refractivity contribution in [3.8, 4) is 23.6 Å². The summed E-state index contributed by atoms with van der Waals surface area (Å²) in [5.41, 5.74) is 7.42. The van der Waals surface area contributed by atoms with Crippen LogP contribution in [-0.2, 0) is 12.0 Å². The van der Waals surface area contributed by atoms with Gasteiger partial charge in [0.05, 0.1) is 6.54 Å². The van der Waals surface area contributed by atoms with Crippen molar-refractivity contribution in [2.45, 2.75) is 32.7 Å². The molecule has 1 heterocycles. The zero-order valence-corrected chi connectivity index (χ0v) is 11.9. The smallest absolute Gasteiger partial charge is 0.132 e. The van der Waals surface area contributed by atoms with Gasteiger partial charge in [-0.3, -0.25) is 0 Å². The lowest BCUT2D eigenvalue weighted by Crippen LogP contribution is -2.19. The lowest BCUT2D eigenvalue weighted by Gasteiger charge is -2.18. The summed E-state index contributed by atoms with van der Waals surface area (Å²) in [6.45, 7) is 6.52. The van der Waals surface area contributed by atoms with Gasteiger partial charge in [-0.15, -0.1) is 6.42 Å². The fourth-order valence-electron chi connectivity index (χ4n) is 2.11. The number of nitrogen functional groups attached to an aromatic ring is 1. The maximum absolute atomic E-state index is 13.0. The predicted molar refractivity (Wildman–Crippen MR) is 79.6 cm³/mol. The van der Waals surface area contributed by atoms with Crippen LogP contribution in [0.5, 0.6) is 0 Å². The van der Waals surface area contributed by atoms with Crippen LogP contribution in [-0.4, -0.2) is 9.55 Å². The third-order valence-corrected chi connectivity index (χ3v) is 3.04. The summed E-state index contributed by atoms with van der Waals surface area (Å²) in [4.78, 5) is 4.62. The van der Waals surface area contributed by atoms with E-state index in [1.54, 1.807) is 12.1 Å². The van der Waals surface area contributed by atoms with Crippen LogP contribution in [0.25, 0.3) is 11.3 Å². The Bertz CT molecular complexity index is 655. The molecule has 0 unspecified atom stereocenters. The molecule has 0 amide bonds. The normalized spacial score (nSPS) is 11.3. The number of anilines is 1. The number of benzene rings is 1. The van der Waals surface area contributed by atoms with Gasteiger partial charge in [0.1, 0.15) is 23.2 Å². The van der Waals surface area contributed by atoms with Gasteiger partial charge in [-0.25, -0.2) is 9.37 Å². The van der Waals surface area contributed by atoms with Crippen LogP contribution in [0.3, 0.4) is 0 Å². The second kappa shape index (κ2) is 5.01. The van der Waals surface area contributed by atoms with Crippen LogP contribution in [0.15, 0.2) is 24.3 Å². The molecule has 2 rings (SSSR count). The third kappa shape index (κ3) is 2.53. The van der Waals surface area contributed by atoms with E-state index in [2.05, 4.69) is 31.7 Å². The summed E-state index contributed by atoms with van der Waals surface area (Å²) < 4.78 is 14.8.